The molecule has 0 saturated carbocycles. The van der Waals surface area contributed by atoms with Crippen molar-refractivity contribution in [1.82, 2.24) is 24.1 Å². The van der Waals surface area contributed by atoms with Gasteiger partial charge in [0.1, 0.15) is 0 Å². The second-order valence-electron chi connectivity index (χ2n) is 20.3. The quantitative estimate of drug-likeness (QED) is 0.152. The molecule has 3 aromatic heterocycles. The third-order valence-electron chi connectivity index (χ3n) is 15.9. The van der Waals surface area contributed by atoms with Crippen LogP contribution in [0.5, 0.6) is 0 Å². The van der Waals surface area contributed by atoms with Crippen molar-refractivity contribution >= 4 is 54.4 Å². The number of fused-ring (bicyclic) bond motifs is 10. The Kier molecular flexibility index (Phi) is 9.87. The zero-order chi connectivity index (χ0) is 51.3. The minimum absolute atomic E-state index is 0.627. The van der Waals surface area contributed by atoms with Crippen molar-refractivity contribution in [3.05, 3.63) is 273 Å². The van der Waals surface area contributed by atoms with E-state index >= 15 is 0 Å². The van der Waals surface area contributed by atoms with Crippen molar-refractivity contribution in [2.75, 3.05) is 0 Å². The molecular formula is C73H45N5. The van der Waals surface area contributed by atoms with Gasteiger partial charge in [-0.05, 0) is 133 Å². The van der Waals surface area contributed by atoms with Crippen molar-refractivity contribution in [2.24, 2.45) is 0 Å². The Morgan fingerprint density at radius 2 is 0.628 bits per heavy atom. The Morgan fingerprint density at radius 3 is 1.29 bits per heavy atom. The average Bonchev–Trinajstić information content (AvgIpc) is 4.26. The molecular weight excluding hydrogens is 947 g/mol. The first-order chi connectivity index (χ1) is 38.7. The number of benzene rings is 12. The maximum atomic E-state index is 5.08. The van der Waals surface area contributed by atoms with Crippen molar-refractivity contribution in [2.45, 2.75) is 0 Å². The van der Waals surface area contributed by atoms with Crippen LogP contribution >= 0.6 is 0 Å². The zero-order valence-electron chi connectivity index (χ0n) is 42.2. The lowest BCUT2D eigenvalue weighted by Crippen LogP contribution is -2.00. The van der Waals surface area contributed by atoms with E-state index in [9.17, 15) is 0 Å². The molecule has 16 rings (SSSR count). The molecule has 0 N–H and O–H groups in total. The predicted octanol–water partition coefficient (Wildman–Crippen LogP) is 18.9. The van der Waals surface area contributed by atoms with Crippen LogP contribution in [0.25, 0.3) is 156 Å². The molecule has 12 aromatic carbocycles. The van der Waals surface area contributed by atoms with Crippen molar-refractivity contribution < 1.29 is 0 Å². The first kappa shape index (κ1) is 43.9. The fourth-order valence-electron chi connectivity index (χ4n) is 12.3. The highest BCUT2D eigenvalue weighted by Gasteiger charge is 2.26. The molecule has 1 aliphatic carbocycles. The van der Waals surface area contributed by atoms with Crippen LogP contribution in [0.2, 0.25) is 0 Å². The fraction of sp³-hybridized carbons (Fsp3) is 0. The Labute approximate surface area is 450 Å². The molecule has 0 unspecified atom stereocenters. The normalized spacial score (nSPS) is 11.8. The van der Waals surface area contributed by atoms with E-state index in [1.165, 1.54) is 93.4 Å². The number of hydrogen-bond acceptors (Lipinski definition) is 3. The zero-order valence-corrected chi connectivity index (χ0v) is 42.2. The Morgan fingerprint density at radius 1 is 0.205 bits per heavy atom. The highest BCUT2D eigenvalue weighted by atomic mass is 15.0. The molecule has 78 heavy (non-hydrogen) atoms. The van der Waals surface area contributed by atoms with Gasteiger partial charge in [0.05, 0.1) is 22.1 Å². The van der Waals surface area contributed by atoms with Gasteiger partial charge in [0.2, 0.25) is 0 Å². The number of para-hydroxylation sites is 1. The van der Waals surface area contributed by atoms with Crippen LogP contribution in [0.3, 0.4) is 0 Å². The molecule has 0 radical (unpaired) electrons. The molecule has 0 aliphatic heterocycles. The van der Waals surface area contributed by atoms with E-state index in [1.54, 1.807) is 0 Å². The van der Waals surface area contributed by atoms with E-state index in [2.05, 4.69) is 221 Å². The van der Waals surface area contributed by atoms with Gasteiger partial charge >= 0.3 is 0 Å². The molecule has 0 bridgehead atoms. The summed E-state index contributed by atoms with van der Waals surface area (Å²) in [4.78, 5) is 15.1. The first-order valence-electron chi connectivity index (χ1n) is 26.6. The summed E-state index contributed by atoms with van der Waals surface area (Å²) in [5, 5.41) is 7.50. The minimum atomic E-state index is 0.627. The monoisotopic (exact) mass is 991 g/mol. The van der Waals surface area contributed by atoms with Crippen LogP contribution in [-0.4, -0.2) is 24.1 Å². The predicted molar refractivity (Wildman–Crippen MR) is 323 cm³/mol. The third-order valence-corrected chi connectivity index (χ3v) is 15.9. The lowest BCUT2D eigenvalue weighted by molar-refractivity contribution is 1.07. The van der Waals surface area contributed by atoms with Gasteiger partial charge in [-0.25, -0.2) is 15.0 Å². The molecule has 0 amide bonds. The summed E-state index contributed by atoms with van der Waals surface area (Å²) in [6.45, 7) is 0. The van der Waals surface area contributed by atoms with Crippen LogP contribution in [-0.2, 0) is 0 Å². The summed E-state index contributed by atoms with van der Waals surface area (Å²) in [7, 11) is 0. The number of nitrogens with zero attached hydrogens (tertiary/aromatic N) is 5. The highest BCUT2D eigenvalue weighted by Crippen LogP contribution is 2.52. The maximum Gasteiger partial charge on any atom is 0.164 e. The topological polar surface area (TPSA) is 48.5 Å². The standard InChI is InChI=1S/C73H45N5/c1-4-18-46(19-5-1)50-25-15-28-55(41-50)77-65-35-13-12-32-59(65)62-43-52(36-38-66(62)77)53-37-39-67-64(44-53)70-61-34-17-33-60-57-30-10-11-31-58(57)63(69(60)61)45-68(70)78(67)56-29-16-26-51(42-56)49-24-14-27-54(40-49)73-75-71(47-20-6-2-7-21-47)74-72(76-73)48-22-8-3-9-23-48/h1-45H. The molecule has 5 heteroatoms. The van der Waals surface area contributed by atoms with Crippen molar-refractivity contribution in [1.29, 1.82) is 0 Å². The molecule has 362 valence electrons. The highest BCUT2D eigenvalue weighted by molar-refractivity contribution is 6.29. The molecule has 0 spiro atoms. The van der Waals surface area contributed by atoms with Gasteiger partial charge < -0.3 is 9.13 Å². The molecule has 0 fully saturated rings. The second kappa shape index (κ2) is 17.6. The number of rotatable bonds is 8. The lowest BCUT2D eigenvalue weighted by Gasteiger charge is -2.13. The van der Waals surface area contributed by atoms with Gasteiger partial charge in [-0.1, -0.05) is 206 Å². The van der Waals surface area contributed by atoms with Crippen LogP contribution in [0.1, 0.15) is 0 Å². The summed E-state index contributed by atoms with van der Waals surface area (Å²) in [6, 6.07) is 98.5. The average molecular weight is 992 g/mol. The van der Waals surface area contributed by atoms with Crippen molar-refractivity contribution in [3.8, 4) is 101 Å². The fourth-order valence-corrected chi connectivity index (χ4v) is 12.3. The molecule has 0 atom stereocenters. The maximum absolute atomic E-state index is 5.08. The van der Waals surface area contributed by atoms with Crippen LogP contribution in [0.4, 0.5) is 0 Å². The summed E-state index contributed by atoms with van der Waals surface area (Å²) < 4.78 is 4.90. The second-order valence-corrected chi connectivity index (χ2v) is 20.3. The van der Waals surface area contributed by atoms with E-state index in [4.69, 9.17) is 15.0 Å². The molecule has 3 heterocycles. The summed E-state index contributed by atoms with van der Waals surface area (Å²) in [6.07, 6.45) is 0. The van der Waals surface area contributed by atoms with Crippen LogP contribution in [0.15, 0.2) is 273 Å². The van der Waals surface area contributed by atoms with E-state index in [0.717, 1.165) is 44.7 Å². The van der Waals surface area contributed by atoms with E-state index in [0.29, 0.717) is 17.5 Å². The number of aromatic nitrogens is 5. The largest absolute Gasteiger partial charge is 0.309 e. The van der Waals surface area contributed by atoms with Crippen molar-refractivity contribution in [3.63, 3.8) is 0 Å². The number of hydrogen-bond donors (Lipinski definition) is 0. The summed E-state index contributed by atoms with van der Waals surface area (Å²) in [5.74, 6) is 1.91. The van der Waals surface area contributed by atoms with E-state index in [1.807, 2.05) is 60.7 Å². The Bertz CT molecular complexity index is 4840. The third kappa shape index (κ3) is 6.99. The van der Waals surface area contributed by atoms with Gasteiger partial charge in [-0.2, -0.15) is 0 Å². The van der Waals surface area contributed by atoms with E-state index in [-0.39, 0.29) is 0 Å². The minimum Gasteiger partial charge on any atom is -0.309 e. The lowest BCUT2D eigenvalue weighted by atomic mass is 9.96. The molecule has 15 aromatic rings. The van der Waals surface area contributed by atoms with Gasteiger partial charge in [-0.3, -0.25) is 0 Å². The van der Waals surface area contributed by atoms with E-state index < -0.39 is 0 Å². The molecule has 5 nitrogen and oxygen atoms in total. The smallest absolute Gasteiger partial charge is 0.164 e. The van der Waals surface area contributed by atoms with Crippen LogP contribution < -0.4 is 0 Å². The molecule has 1 aliphatic rings. The Hall–Kier alpha value is -10.5. The summed E-state index contributed by atoms with van der Waals surface area (Å²) in [5.41, 5.74) is 21.8. The van der Waals surface area contributed by atoms with Gasteiger partial charge in [-0.15, -0.1) is 0 Å². The van der Waals surface area contributed by atoms with Gasteiger partial charge in [0, 0.05) is 49.6 Å². The first-order valence-corrected chi connectivity index (χ1v) is 26.6. The SMILES string of the molecule is c1ccc(-c2cccc(-n3c4ccccc4c4cc(-c5ccc6c(c5)c5c7cccc8c7c(cc5n6-c5cccc(-c6cccc(-c7nc(-c9ccccc9)nc(-c9ccccc9)n7)c6)c5)-c5ccccc5-8)ccc43)c2)cc1. The summed E-state index contributed by atoms with van der Waals surface area (Å²) >= 11 is 0. The Balaban J connectivity index is 0.859. The molecule has 0 saturated heterocycles. The van der Waals surface area contributed by atoms with Gasteiger partial charge in [0.15, 0.2) is 17.5 Å². The van der Waals surface area contributed by atoms with Gasteiger partial charge in [0.25, 0.3) is 0 Å². The van der Waals surface area contributed by atoms with Crippen LogP contribution in [0, 0.1) is 0 Å².